The van der Waals surface area contributed by atoms with Crippen LogP contribution in [0.4, 0.5) is 5.13 Å². The van der Waals surface area contributed by atoms with Crippen LogP contribution < -0.4 is 5.32 Å². The molecule has 5 nitrogen and oxygen atoms in total. The van der Waals surface area contributed by atoms with Crippen molar-refractivity contribution in [2.75, 3.05) is 5.32 Å². The molecule has 1 aromatic carbocycles. The van der Waals surface area contributed by atoms with E-state index >= 15 is 0 Å². The molecular formula is C14H11ClN2O3S. The number of carbonyl (C=O) groups excluding carboxylic acids is 1. The van der Waals surface area contributed by atoms with E-state index in [1.807, 2.05) is 12.1 Å². The summed E-state index contributed by atoms with van der Waals surface area (Å²) in [5.41, 5.74) is 1.70. The Morgan fingerprint density at radius 1 is 1.33 bits per heavy atom. The van der Waals surface area contributed by atoms with Crippen molar-refractivity contribution in [2.24, 2.45) is 0 Å². The van der Waals surface area contributed by atoms with E-state index in [1.165, 1.54) is 18.3 Å². The number of benzene rings is 1. The Bertz CT molecular complexity index is 707. The smallest absolute Gasteiger partial charge is 0.328 e. The number of amides is 1. The number of thiazole rings is 1. The van der Waals surface area contributed by atoms with Crippen molar-refractivity contribution in [1.82, 2.24) is 4.98 Å². The third kappa shape index (κ3) is 4.14. The van der Waals surface area contributed by atoms with Crippen molar-refractivity contribution in [3.8, 4) is 11.3 Å². The summed E-state index contributed by atoms with van der Waals surface area (Å²) in [4.78, 5) is 26.5. The van der Waals surface area contributed by atoms with Crippen LogP contribution in [-0.4, -0.2) is 22.0 Å². The van der Waals surface area contributed by atoms with Crippen molar-refractivity contribution in [1.29, 1.82) is 0 Å². The largest absolute Gasteiger partial charge is 0.478 e. The van der Waals surface area contributed by atoms with Gasteiger partial charge >= 0.3 is 5.97 Å². The van der Waals surface area contributed by atoms with Gasteiger partial charge in [-0.15, -0.1) is 11.3 Å². The van der Waals surface area contributed by atoms with Crippen molar-refractivity contribution >= 4 is 39.9 Å². The molecule has 0 radical (unpaired) electrons. The lowest BCUT2D eigenvalue weighted by molar-refractivity contribution is -0.131. The van der Waals surface area contributed by atoms with E-state index in [0.29, 0.717) is 15.8 Å². The van der Waals surface area contributed by atoms with E-state index < -0.39 is 11.9 Å². The van der Waals surface area contributed by atoms with E-state index in [4.69, 9.17) is 16.7 Å². The van der Waals surface area contributed by atoms with Gasteiger partial charge in [0.2, 0.25) is 0 Å². The summed E-state index contributed by atoms with van der Waals surface area (Å²) in [5, 5.41) is 14.0. The molecule has 1 amide bonds. The maximum absolute atomic E-state index is 11.7. The van der Waals surface area contributed by atoms with Crippen molar-refractivity contribution in [3.63, 3.8) is 0 Å². The highest BCUT2D eigenvalue weighted by atomic mass is 35.5. The minimum atomic E-state index is -1.16. The first-order valence-electron chi connectivity index (χ1n) is 5.90. The third-order valence-corrected chi connectivity index (χ3v) is 3.57. The summed E-state index contributed by atoms with van der Waals surface area (Å²) < 4.78 is 0. The molecule has 0 fully saturated rings. The van der Waals surface area contributed by atoms with Crippen LogP contribution in [0.3, 0.4) is 0 Å². The Hall–Kier alpha value is -2.18. The molecule has 0 spiro atoms. The number of carboxylic acid groups (broad SMARTS) is 1. The number of halogens is 1. The lowest BCUT2D eigenvalue weighted by Crippen LogP contribution is -2.13. The first-order valence-corrected chi connectivity index (χ1v) is 7.15. The number of anilines is 1. The monoisotopic (exact) mass is 322 g/mol. The number of nitrogens with one attached hydrogen (secondary N) is 1. The molecule has 0 saturated heterocycles. The Morgan fingerprint density at radius 3 is 2.62 bits per heavy atom. The molecule has 2 rings (SSSR count). The van der Waals surface area contributed by atoms with Crippen LogP contribution in [0.15, 0.2) is 41.3 Å². The van der Waals surface area contributed by atoms with Gasteiger partial charge in [-0.1, -0.05) is 23.7 Å². The molecule has 2 N–H and O–H groups in total. The summed E-state index contributed by atoms with van der Waals surface area (Å²) in [6, 6.07) is 7.18. The van der Waals surface area contributed by atoms with Gasteiger partial charge < -0.3 is 5.11 Å². The molecule has 1 aromatic heterocycles. The molecule has 108 valence electrons. The number of carboxylic acids is 1. The minimum absolute atomic E-state index is 0.103. The highest BCUT2D eigenvalue weighted by molar-refractivity contribution is 7.14. The molecule has 0 aliphatic rings. The zero-order valence-electron chi connectivity index (χ0n) is 11.0. The second-order valence-electron chi connectivity index (χ2n) is 4.16. The maximum Gasteiger partial charge on any atom is 0.328 e. The Balaban J connectivity index is 2.12. The summed E-state index contributed by atoms with van der Waals surface area (Å²) in [5.74, 6) is -1.65. The van der Waals surface area contributed by atoms with Crippen molar-refractivity contribution < 1.29 is 14.7 Å². The number of carbonyl (C=O) groups is 2. The summed E-state index contributed by atoms with van der Waals surface area (Å²) in [7, 11) is 0. The van der Waals surface area contributed by atoms with Crippen molar-refractivity contribution in [3.05, 3.63) is 46.3 Å². The first kappa shape index (κ1) is 15.2. The quantitative estimate of drug-likeness (QED) is 0.845. The lowest BCUT2D eigenvalue weighted by atomic mass is 10.2. The van der Waals surface area contributed by atoms with Gasteiger partial charge in [-0.2, -0.15) is 0 Å². The fourth-order valence-corrected chi connectivity index (χ4v) is 2.37. The standard InChI is InChI=1S/C14H11ClN2O3S/c1-8(6-12(18)19)13(20)17-14-16-11(7-21-14)9-2-4-10(15)5-3-9/h2-7H,1H3,(H,18,19)(H,16,17,20). The van der Waals surface area contributed by atoms with Crippen LogP contribution in [0.2, 0.25) is 5.02 Å². The molecule has 0 aliphatic heterocycles. The molecule has 0 unspecified atom stereocenters. The van der Waals surface area contributed by atoms with Crippen LogP contribution in [-0.2, 0) is 9.59 Å². The number of nitrogens with zero attached hydrogens (tertiary/aromatic N) is 1. The Morgan fingerprint density at radius 2 is 2.00 bits per heavy atom. The second-order valence-corrected chi connectivity index (χ2v) is 5.46. The van der Waals surface area contributed by atoms with Gasteiger partial charge in [0.25, 0.3) is 5.91 Å². The SMILES string of the molecule is CC(=CC(=O)O)C(=O)Nc1nc(-c2ccc(Cl)cc2)cs1. The van der Waals surface area contributed by atoms with Gasteiger partial charge in [0.15, 0.2) is 5.13 Å². The van der Waals surface area contributed by atoms with E-state index in [-0.39, 0.29) is 5.57 Å². The number of hydrogen-bond acceptors (Lipinski definition) is 4. The normalized spacial score (nSPS) is 11.2. The van der Waals surface area contributed by atoms with Crippen LogP contribution in [0, 0.1) is 0 Å². The second kappa shape index (κ2) is 6.51. The van der Waals surface area contributed by atoms with Gasteiger partial charge in [0.05, 0.1) is 5.69 Å². The molecule has 0 atom stereocenters. The topological polar surface area (TPSA) is 79.3 Å². The number of aromatic nitrogens is 1. The molecule has 2 aromatic rings. The van der Waals surface area contributed by atoms with Crippen LogP contribution in [0.5, 0.6) is 0 Å². The van der Waals surface area contributed by atoms with Crippen LogP contribution >= 0.6 is 22.9 Å². The maximum atomic E-state index is 11.7. The van der Waals surface area contributed by atoms with Gasteiger partial charge in [-0.3, -0.25) is 10.1 Å². The number of hydrogen-bond donors (Lipinski definition) is 2. The lowest BCUT2D eigenvalue weighted by Gasteiger charge is -2.00. The molecule has 0 aliphatic carbocycles. The van der Waals surface area contributed by atoms with Crippen molar-refractivity contribution in [2.45, 2.75) is 6.92 Å². The van der Waals surface area contributed by atoms with Gasteiger partial charge in [-0.05, 0) is 19.1 Å². The average molecular weight is 323 g/mol. The summed E-state index contributed by atoms with van der Waals surface area (Å²) in [6.07, 6.45) is 0.850. The zero-order valence-corrected chi connectivity index (χ0v) is 12.5. The number of aliphatic carboxylic acids is 1. The molecule has 7 heteroatoms. The molecular weight excluding hydrogens is 312 g/mol. The first-order chi connectivity index (χ1) is 9.95. The molecule has 1 heterocycles. The van der Waals surface area contributed by atoms with E-state index in [0.717, 1.165) is 11.6 Å². The molecule has 0 bridgehead atoms. The van der Waals surface area contributed by atoms with Crippen LogP contribution in [0.25, 0.3) is 11.3 Å². The minimum Gasteiger partial charge on any atom is -0.478 e. The van der Waals surface area contributed by atoms with E-state index in [2.05, 4.69) is 10.3 Å². The summed E-state index contributed by atoms with van der Waals surface area (Å²) in [6.45, 7) is 1.43. The fourth-order valence-electron chi connectivity index (χ4n) is 1.53. The van der Waals surface area contributed by atoms with E-state index in [9.17, 15) is 9.59 Å². The van der Waals surface area contributed by atoms with Gasteiger partial charge in [0, 0.05) is 27.6 Å². The Kier molecular flexibility index (Phi) is 4.72. The Labute approximate surface area is 129 Å². The molecule has 0 saturated carbocycles. The highest BCUT2D eigenvalue weighted by Crippen LogP contribution is 2.26. The predicted molar refractivity (Wildman–Crippen MR) is 82.6 cm³/mol. The highest BCUT2D eigenvalue weighted by Gasteiger charge is 2.10. The van der Waals surface area contributed by atoms with E-state index in [1.54, 1.807) is 17.5 Å². The summed E-state index contributed by atoms with van der Waals surface area (Å²) >= 11 is 7.08. The average Bonchev–Trinajstić information content (AvgIpc) is 2.87. The van der Waals surface area contributed by atoms with Gasteiger partial charge in [0.1, 0.15) is 0 Å². The van der Waals surface area contributed by atoms with Gasteiger partial charge in [-0.25, -0.2) is 9.78 Å². The van der Waals surface area contributed by atoms with Crippen LogP contribution in [0.1, 0.15) is 6.92 Å². The zero-order chi connectivity index (χ0) is 15.4. The molecule has 21 heavy (non-hydrogen) atoms. The number of rotatable bonds is 4. The fraction of sp³-hybridized carbons (Fsp3) is 0.0714. The predicted octanol–water partition coefficient (Wildman–Crippen LogP) is 3.43. The third-order valence-electron chi connectivity index (χ3n) is 2.56.